The molecule has 130 valence electrons. The predicted molar refractivity (Wildman–Crippen MR) is 95.0 cm³/mol. The third-order valence-electron chi connectivity index (χ3n) is 3.94. The molecule has 2 aromatic rings. The van der Waals surface area contributed by atoms with E-state index < -0.39 is 12.0 Å². The van der Waals surface area contributed by atoms with Gasteiger partial charge in [-0.3, -0.25) is 9.59 Å². The lowest BCUT2D eigenvalue weighted by atomic mass is 10.1. The summed E-state index contributed by atoms with van der Waals surface area (Å²) in [6, 6.07) is 13.3. The van der Waals surface area contributed by atoms with Gasteiger partial charge in [-0.2, -0.15) is 0 Å². The van der Waals surface area contributed by atoms with Crippen molar-refractivity contribution in [3.8, 4) is 0 Å². The van der Waals surface area contributed by atoms with Crippen LogP contribution in [0.4, 0.5) is 10.1 Å². The molecule has 1 heterocycles. The summed E-state index contributed by atoms with van der Waals surface area (Å²) < 4.78 is 18.3. The lowest BCUT2D eigenvalue weighted by Gasteiger charge is -2.18. The number of thioether (sulfide) groups is 1. The van der Waals surface area contributed by atoms with E-state index in [9.17, 15) is 14.0 Å². The number of esters is 1. The first-order chi connectivity index (χ1) is 12.1. The minimum Gasteiger partial charge on any atom is -0.451 e. The van der Waals surface area contributed by atoms with Gasteiger partial charge in [0.15, 0.2) is 6.10 Å². The molecule has 1 aliphatic heterocycles. The van der Waals surface area contributed by atoms with Gasteiger partial charge in [0.1, 0.15) is 11.1 Å². The van der Waals surface area contributed by atoms with Crippen LogP contribution in [0.1, 0.15) is 18.9 Å². The van der Waals surface area contributed by atoms with E-state index in [0.717, 1.165) is 10.5 Å². The second-order valence-corrected chi connectivity index (χ2v) is 6.99. The molecular formula is C19H18FNO3S. The quantitative estimate of drug-likeness (QED) is 0.825. The van der Waals surface area contributed by atoms with Gasteiger partial charge in [0.2, 0.25) is 0 Å². The van der Waals surface area contributed by atoms with Crippen LogP contribution in [0.3, 0.4) is 0 Å². The van der Waals surface area contributed by atoms with Gasteiger partial charge in [0, 0.05) is 10.6 Å². The van der Waals surface area contributed by atoms with E-state index in [-0.39, 0.29) is 17.0 Å². The van der Waals surface area contributed by atoms with Gasteiger partial charge in [-0.15, -0.1) is 11.8 Å². The summed E-state index contributed by atoms with van der Waals surface area (Å²) in [5.41, 5.74) is 1.59. The van der Waals surface area contributed by atoms with Crippen LogP contribution in [-0.2, 0) is 20.7 Å². The maximum atomic E-state index is 12.9. The number of benzene rings is 2. The van der Waals surface area contributed by atoms with E-state index in [1.807, 2.05) is 24.3 Å². The summed E-state index contributed by atoms with van der Waals surface area (Å²) in [4.78, 5) is 25.8. The number of anilines is 1. The standard InChI is InChI=1S/C19H18FNO3S/c1-2-15(18(22)21-14-9-7-13(20)8-10-14)24-19(23)17-11-12-5-3-4-6-16(12)25-17/h3-10,15,17H,2,11H2,1H3,(H,21,22). The second kappa shape index (κ2) is 7.70. The topological polar surface area (TPSA) is 55.4 Å². The van der Waals surface area contributed by atoms with Crippen LogP contribution in [0.5, 0.6) is 0 Å². The average molecular weight is 359 g/mol. The highest BCUT2D eigenvalue weighted by Gasteiger charge is 2.32. The number of halogens is 1. The highest BCUT2D eigenvalue weighted by Crippen LogP contribution is 2.37. The first-order valence-electron chi connectivity index (χ1n) is 8.08. The number of ether oxygens (including phenoxy) is 1. The van der Waals surface area contributed by atoms with Crippen molar-refractivity contribution in [3.05, 3.63) is 59.9 Å². The van der Waals surface area contributed by atoms with Crippen molar-refractivity contribution in [1.82, 2.24) is 0 Å². The minimum atomic E-state index is -0.873. The summed E-state index contributed by atoms with van der Waals surface area (Å²) in [6.07, 6.45) is 0.0978. The Morgan fingerprint density at radius 3 is 2.64 bits per heavy atom. The molecule has 1 amide bonds. The maximum absolute atomic E-state index is 12.9. The Morgan fingerprint density at radius 1 is 1.24 bits per heavy atom. The molecule has 2 aromatic carbocycles. The first-order valence-corrected chi connectivity index (χ1v) is 8.96. The summed E-state index contributed by atoms with van der Waals surface area (Å²) in [5, 5.41) is 2.31. The Labute approximate surface area is 149 Å². The molecule has 4 nitrogen and oxygen atoms in total. The van der Waals surface area contributed by atoms with Gasteiger partial charge in [-0.25, -0.2) is 4.39 Å². The van der Waals surface area contributed by atoms with Crippen LogP contribution in [0.15, 0.2) is 53.4 Å². The molecule has 3 rings (SSSR count). The van der Waals surface area contributed by atoms with E-state index in [1.165, 1.54) is 36.0 Å². The van der Waals surface area contributed by atoms with E-state index >= 15 is 0 Å². The third-order valence-corrected chi connectivity index (χ3v) is 5.24. The fourth-order valence-electron chi connectivity index (χ4n) is 2.61. The molecule has 0 aromatic heterocycles. The van der Waals surface area contributed by atoms with Crippen molar-refractivity contribution in [2.75, 3.05) is 5.32 Å². The molecule has 0 saturated heterocycles. The van der Waals surface area contributed by atoms with Crippen molar-refractivity contribution in [3.63, 3.8) is 0 Å². The van der Waals surface area contributed by atoms with Crippen molar-refractivity contribution in [1.29, 1.82) is 0 Å². The lowest BCUT2D eigenvalue weighted by Crippen LogP contribution is -2.34. The van der Waals surface area contributed by atoms with Gasteiger partial charge in [0.25, 0.3) is 5.91 Å². The molecule has 25 heavy (non-hydrogen) atoms. The zero-order valence-electron chi connectivity index (χ0n) is 13.7. The zero-order chi connectivity index (χ0) is 17.8. The molecule has 0 radical (unpaired) electrons. The van der Waals surface area contributed by atoms with Gasteiger partial charge >= 0.3 is 5.97 Å². The number of carbonyl (C=O) groups excluding carboxylic acids is 2. The number of amides is 1. The largest absolute Gasteiger partial charge is 0.451 e. The molecule has 0 aliphatic carbocycles. The van der Waals surface area contributed by atoms with Crippen molar-refractivity contribution in [2.45, 2.75) is 36.0 Å². The molecular weight excluding hydrogens is 341 g/mol. The van der Waals surface area contributed by atoms with Crippen LogP contribution in [-0.4, -0.2) is 23.2 Å². The Balaban J connectivity index is 1.59. The summed E-state index contributed by atoms with van der Waals surface area (Å²) in [6.45, 7) is 1.78. The predicted octanol–water partition coefficient (Wildman–Crippen LogP) is 3.80. The summed E-state index contributed by atoms with van der Waals surface area (Å²) >= 11 is 1.47. The zero-order valence-corrected chi connectivity index (χ0v) is 14.5. The van der Waals surface area contributed by atoms with E-state index in [1.54, 1.807) is 6.92 Å². The molecule has 0 saturated carbocycles. The Hall–Kier alpha value is -2.34. The minimum absolute atomic E-state index is 0.329. The van der Waals surface area contributed by atoms with Crippen molar-refractivity contribution >= 4 is 29.3 Å². The molecule has 2 atom stereocenters. The molecule has 1 aliphatic rings. The van der Waals surface area contributed by atoms with Crippen molar-refractivity contribution < 1.29 is 18.7 Å². The Bertz CT molecular complexity index is 753. The Morgan fingerprint density at radius 2 is 1.96 bits per heavy atom. The smallest absolute Gasteiger partial charge is 0.320 e. The van der Waals surface area contributed by atoms with Gasteiger partial charge in [-0.1, -0.05) is 25.1 Å². The van der Waals surface area contributed by atoms with E-state index in [0.29, 0.717) is 18.5 Å². The monoisotopic (exact) mass is 359 g/mol. The molecule has 0 bridgehead atoms. The first kappa shape index (κ1) is 17.5. The third kappa shape index (κ3) is 4.20. The average Bonchev–Trinajstić information content (AvgIpc) is 3.05. The SMILES string of the molecule is CCC(OC(=O)C1Cc2ccccc2S1)C(=O)Nc1ccc(F)cc1. The fraction of sp³-hybridized carbons (Fsp3) is 0.263. The number of hydrogen-bond donors (Lipinski definition) is 1. The molecule has 0 fully saturated rings. The van der Waals surface area contributed by atoms with Gasteiger partial charge < -0.3 is 10.1 Å². The molecule has 6 heteroatoms. The van der Waals surface area contributed by atoms with Gasteiger partial charge in [-0.05, 0) is 48.7 Å². The number of hydrogen-bond acceptors (Lipinski definition) is 4. The molecule has 2 unspecified atom stereocenters. The maximum Gasteiger partial charge on any atom is 0.320 e. The van der Waals surface area contributed by atoms with E-state index in [4.69, 9.17) is 4.74 Å². The van der Waals surface area contributed by atoms with E-state index in [2.05, 4.69) is 5.32 Å². The molecule has 0 spiro atoms. The number of carbonyl (C=O) groups is 2. The number of rotatable bonds is 5. The van der Waals surface area contributed by atoms with Crippen LogP contribution >= 0.6 is 11.8 Å². The van der Waals surface area contributed by atoms with Crippen LogP contribution in [0, 0.1) is 5.82 Å². The highest BCUT2D eigenvalue weighted by atomic mass is 32.2. The fourth-order valence-corrected chi connectivity index (χ4v) is 3.79. The van der Waals surface area contributed by atoms with Crippen molar-refractivity contribution in [2.24, 2.45) is 0 Å². The number of nitrogens with one attached hydrogen (secondary N) is 1. The normalized spacial score (nSPS) is 16.8. The molecule has 1 N–H and O–H groups in total. The highest BCUT2D eigenvalue weighted by molar-refractivity contribution is 8.01. The summed E-state index contributed by atoms with van der Waals surface area (Å²) in [5.74, 6) is -1.18. The van der Waals surface area contributed by atoms with Crippen LogP contribution in [0.25, 0.3) is 0 Å². The van der Waals surface area contributed by atoms with Crippen LogP contribution in [0.2, 0.25) is 0 Å². The van der Waals surface area contributed by atoms with Crippen LogP contribution < -0.4 is 5.32 Å². The lowest BCUT2D eigenvalue weighted by molar-refractivity contribution is -0.153. The second-order valence-electron chi connectivity index (χ2n) is 5.75. The summed E-state index contributed by atoms with van der Waals surface area (Å²) in [7, 11) is 0. The van der Waals surface area contributed by atoms with Gasteiger partial charge in [0.05, 0.1) is 0 Å². The Kier molecular flexibility index (Phi) is 5.38. The number of fused-ring (bicyclic) bond motifs is 1.